The van der Waals surface area contributed by atoms with E-state index in [4.69, 9.17) is 5.73 Å². The van der Waals surface area contributed by atoms with E-state index in [2.05, 4.69) is 15.4 Å². The molecule has 2 aromatic rings. The van der Waals surface area contributed by atoms with Crippen LogP contribution in [-0.4, -0.2) is 27.9 Å². The van der Waals surface area contributed by atoms with Crippen molar-refractivity contribution in [1.29, 1.82) is 0 Å². The molecule has 0 aliphatic carbocycles. The highest BCUT2D eigenvalue weighted by molar-refractivity contribution is 5.38. The number of nitrogens with zero attached hydrogens (tertiary/aromatic N) is 3. The molecule has 6 heteroatoms. The molecule has 0 amide bonds. The van der Waals surface area contributed by atoms with E-state index in [-0.39, 0.29) is 5.56 Å². The summed E-state index contributed by atoms with van der Waals surface area (Å²) in [5.41, 5.74) is 7.65. The third kappa shape index (κ3) is 3.62. The van der Waals surface area contributed by atoms with Crippen LogP contribution in [0.3, 0.4) is 0 Å². The van der Waals surface area contributed by atoms with Crippen molar-refractivity contribution in [1.82, 2.24) is 14.8 Å². The molecular weight excluding hydrogens is 242 g/mol. The smallest absolute Gasteiger partial charge is 0.269 e. The summed E-state index contributed by atoms with van der Waals surface area (Å²) in [6.07, 6.45) is 1.62. The first-order chi connectivity index (χ1) is 9.19. The average molecular weight is 259 g/mol. The minimum absolute atomic E-state index is 0.162. The summed E-state index contributed by atoms with van der Waals surface area (Å²) in [4.78, 5) is 16.2. The first-order valence-electron chi connectivity index (χ1n) is 6.12. The van der Waals surface area contributed by atoms with E-state index in [0.29, 0.717) is 25.3 Å². The second-order valence-corrected chi connectivity index (χ2v) is 4.23. The first-order valence-corrected chi connectivity index (χ1v) is 6.12. The zero-order valence-electron chi connectivity index (χ0n) is 10.8. The van der Waals surface area contributed by atoms with E-state index < -0.39 is 0 Å². The first kappa shape index (κ1) is 13.2. The van der Waals surface area contributed by atoms with Crippen LogP contribution >= 0.6 is 0 Å². The van der Waals surface area contributed by atoms with Gasteiger partial charge in [-0.2, -0.15) is 5.10 Å². The van der Waals surface area contributed by atoms with Gasteiger partial charge in [-0.1, -0.05) is 6.07 Å². The second-order valence-electron chi connectivity index (χ2n) is 4.23. The minimum atomic E-state index is -0.162. The highest BCUT2D eigenvalue weighted by Crippen LogP contribution is 2.01. The molecule has 2 aromatic heterocycles. The van der Waals surface area contributed by atoms with Crippen LogP contribution in [0, 0.1) is 6.92 Å². The van der Waals surface area contributed by atoms with Crippen LogP contribution in [0.25, 0.3) is 0 Å². The predicted octanol–water partition coefficient (Wildman–Crippen LogP) is 0.366. The molecule has 3 N–H and O–H groups in total. The van der Waals surface area contributed by atoms with Crippen molar-refractivity contribution >= 4 is 5.69 Å². The third-order valence-corrected chi connectivity index (χ3v) is 2.60. The molecule has 0 aliphatic heterocycles. The Morgan fingerprint density at radius 2 is 2.26 bits per heavy atom. The second kappa shape index (κ2) is 6.10. The summed E-state index contributed by atoms with van der Waals surface area (Å²) in [7, 11) is 0. The molecule has 0 saturated carbocycles. The Morgan fingerprint density at radius 3 is 2.95 bits per heavy atom. The summed E-state index contributed by atoms with van der Waals surface area (Å²) >= 11 is 0. The van der Waals surface area contributed by atoms with Crippen molar-refractivity contribution in [3.63, 3.8) is 0 Å². The number of aryl methyl sites for hydroxylation is 1. The van der Waals surface area contributed by atoms with Crippen LogP contribution in [0.1, 0.15) is 11.4 Å². The van der Waals surface area contributed by atoms with Gasteiger partial charge in [0.2, 0.25) is 0 Å². The van der Waals surface area contributed by atoms with Gasteiger partial charge in [-0.15, -0.1) is 0 Å². The Morgan fingerprint density at radius 1 is 1.42 bits per heavy atom. The van der Waals surface area contributed by atoms with E-state index in [1.165, 1.54) is 10.7 Å². The lowest BCUT2D eigenvalue weighted by Gasteiger charge is -2.07. The molecule has 0 bridgehead atoms. The van der Waals surface area contributed by atoms with Crippen LogP contribution in [0.2, 0.25) is 0 Å². The molecule has 2 heterocycles. The van der Waals surface area contributed by atoms with Gasteiger partial charge in [0.25, 0.3) is 5.56 Å². The highest BCUT2D eigenvalue weighted by atomic mass is 16.1. The van der Waals surface area contributed by atoms with Gasteiger partial charge >= 0.3 is 0 Å². The van der Waals surface area contributed by atoms with Crippen molar-refractivity contribution < 1.29 is 0 Å². The summed E-state index contributed by atoms with van der Waals surface area (Å²) in [6.45, 7) is 3.41. The number of nitrogens with two attached hydrogens (primary N) is 1. The number of rotatable bonds is 5. The van der Waals surface area contributed by atoms with Gasteiger partial charge in [-0.3, -0.25) is 9.78 Å². The number of pyridine rings is 1. The largest absolute Gasteiger partial charge is 0.382 e. The van der Waals surface area contributed by atoms with E-state index in [9.17, 15) is 4.79 Å². The van der Waals surface area contributed by atoms with Crippen LogP contribution < -0.4 is 16.6 Å². The molecule has 2 rings (SSSR count). The third-order valence-electron chi connectivity index (χ3n) is 2.60. The van der Waals surface area contributed by atoms with E-state index in [1.807, 2.05) is 25.1 Å². The van der Waals surface area contributed by atoms with E-state index in [1.54, 1.807) is 6.20 Å². The van der Waals surface area contributed by atoms with Gasteiger partial charge in [0.05, 0.1) is 24.1 Å². The SMILES string of the molecule is Cc1cccc(Cn2ncc(NCCN)cc2=O)n1. The maximum atomic E-state index is 11.9. The Kier molecular flexibility index (Phi) is 4.25. The quantitative estimate of drug-likeness (QED) is 0.810. The van der Waals surface area contributed by atoms with Gasteiger partial charge in [0, 0.05) is 24.8 Å². The Balaban J connectivity index is 2.15. The lowest BCUT2D eigenvalue weighted by molar-refractivity contribution is 0.627. The topological polar surface area (TPSA) is 85.8 Å². The van der Waals surface area contributed by atoms with Crippen molar-refractivity contribution in [3.05, 3.63) is 52.2 Å². The molecule has 0 aromatic carbocycles. The number of anilines is 1. The Bertz CT molecular complexity index is 608. The van der Waals surface area contributed by atoms with Crippen LogP contribution in [0.15, 0.2) is 35.3 Å². The molecule has 100 valence electrons. The van der Waals surface area contributed by atoms with Crippen molar-refractivity contribution in [3.8, 4) is 0 Å². The van der Waals surface area contributed by atoms with Gasteiger partial charge < -0.3 is 11.1 Å². The zero-order chi connectivity index (χ0) is 13.7. The molecule has 0 saturated heterocycles. The van der Waals surface area contributed by atoms with E-state index >= 15 is 0 Å². The van der Waals surface area contributed by atoms with E-state index in [0.717, 1.165) is 11.4 Å². The minimum Gasteiger partial charge on any atom is -0.382 e. The lowest BCUT2D eigenvalue weighted by atomic mass is 10.3. The molecule has 6 nitrogen and oxygen atoms in total. The number of hydrogen-bond acceptors (Lipinski definition) is 5. The predicted molar refractivity (Wildman–Crippen MR) is 74.1 cm³/mol. The van der Waals surface area contributed by atoms with Gasteiger partial charge in [0.1, 0.15) is 0 Å². The van der Waals surface area contributed by atoms with Gasteiger partial charge in [0.15, 0.2) is 0 Å². The average Bonchev–Trinajstić information content (AvgIpc) is 2.39. The van der Waals surface area contributed by atoms with Crippen LogP contribution in [-0.2, 0) is 6.54 Å². The number of aromatic nitrogens is 3. The highest BCUT2D eigenvalue weighted by Gasteiger charge is 2.02. The fourth-order valence-corrected chi connectivity index (χ4v) is 1.71. The summed E-state index contributed by atoms with van der Waals surface area (Å²) < 4.78 is 1.38. The molecule has 0 aliphatic rings. The molecule has 0 unspecified atom stereocenters. The monoisotopic (exact) mass is 259 g/mol. The Hall–Kier alpha value is -2.21. The molecule has 19 heavy (non-hydrogen) atoms. The lowest BCUT2D eigenvalue weighted by Crippen LogP contribution is -2.24. The molecular formula is C13H17N5O. The fourth-order valence-electron chi connectivity index (χ4n) is 1.71. The molecule has 0 radical (unpaired) electrons. The zero-order valence-corrected chi connectivity index (χ0v) is 10.8. The molecule has 0 fully saturated rings. The maximum absolute atomic E-state index is 11.9. The Labute approximate surface area is 111 Å². The van der Waals surface area contributed by atoms with Crippen LogP contribution in [0.4, 0.5) is 5.69 Å². The molecule has 0 spiro atoms. The normalized spacial score (nSPS) is 10.4. The maximum Gasteiger partial charge on any atom is 0.269 e. The summed E-state index contributed by atoms with van der Waals surface area (Å²) in [5.74, 6) is 0. The summed E-state index contributed by atoms with van der Waals surface area (Å²) in [6, 6.07) is 7.22. The van der Waals surface area contributed by atoms with Crippen molar-refractivity contribution in [2.24, 2.45) is 5.73 Å². The number of hydrogen-bond donors (Lipinski definition) is 2. The fraction of sp³-hybridized carbons (Fsp3) is 0.308. The number of nitrogens with one attached hydrogen (secondary N) is 1. The van der Waals surface area contributed by atoms with Gasteiger partial charge in [-0.25, -0.2) is 4.68 Å². The standard InChI is InChI=1S/C13H17N5O/c1-10-3-2-4-11(17-10)9-18-13(19)7-12(8-16-18)15-6-5-14/h2-4,7-8,15H,5-6,9,14H2,1H3. The van der Waals surface area contributed by atoms with Gasteiger partial charge in [-0.05, 0) is 19.1 Å². The molecule has 0 atom stereocenters. The van der Waals surface area contributed by atoms with Crippen molar-refractivity contribution in [2.45, 2.75) is 13.5 Å². The van der Waals surface area contributed by atoms with Crippen LogP contribution in [0.5, 0.6) is 0 Å². The van der Waals surface area contributed by atoms with Crippen molar-refractivity contribution in [2.75, 3.05) is 18.4 Å². The summed E-state index contributed by atoms with van der Waals surface area (Å²) in [5, 5.41) is 7.14.